The summed E-state index contributed by atoms with van der Waals surface area (Å²) in [5.74, 6) is 0. The molecule has 0 bridgehead atoms. The molecule has 0 aromatic heterocycles. The molecule has 1 unspecified atom stereocenters. The van der Waals surface area contributed by atoms with E-state index >= 15 is 0 Å². The van der Waals surface area contributed by atoms with Crippen molar-refractivity contribution in [3.63, 3.8) is 0 Å². The maximum absolute atomic E-state index is 6.81. The third-order valence-corrected chi connectivity index (χ3v) is 13.6. The van der Waals surface area contributed by atoms with Crippen molar-refractivity contribution in [3.05, 3.63) is 0 Å². The zero-order valence-electron chi connectivity index (χ0n) is 37.5. The molecule has 0 fully saturated rings. The molecule has 0 heterocycles. The lowest BCUT2D eigenvalue weighted by Gasteiger charge is -2.60. The molecular weight excluding hydrogens is 704 g/mol. The van der Waals surface area contributed by atoms with Crippen molar-refractivity contribution < 1.29 is 0 Å². The second-order valence-electron chi connectivity index (χ2n) is 18.1. The molecule has 0 amide bonds. The van der Waals surface area contributed by atoms with E-state index < -0.39 is 197 Å². The first kappa shape index (κ1) is 69.2. The molecule has 0 aromatic rings. The summed E-state index contributed by atoms with van der Waals surface area (Å²) in [4.78, 5) is 0. The van der Waals surface area contributed by atoms with Crippen LogP contribution in [0.5, 0.6) is 0 Å². The molecule has 0 saturated carbocycles. The van der Waals surface area contributed by atoms with E-state index in [1.54, 1.807) is 0 Å². The third-order valence-electron chi connectivity index (χ3n) is 13.6. The summed E-state index contributed by atoms with van der Waals surface area (Å²) in [6, 6.07) is 0. The normalized spacial score (nSPS) is 10.3. The summed E-state index contributed by atoms with van der Waals surface area (Å²) in [7, 11) is 221. The molecule has 0 aliphatic carbocycles. The number of hydrogen-bond acceptors (Lipinski definition) is 0. The molecule has 65 heavy (non-hydrogen) atoms. The molecule has 64 heteroatoms. The van der Waals surface area contributed by atoms with Crippen LogP contribution in [0.4, 0.5) is 0 Å². The molecule has 67 radical (unpaired) electrons. The zero-order chi connectivity index (χ0) is 51.6. The quantitative estimate of drug-likeness (QED) is 0.0630. The zero-order valence-corrected chi connectivity index (χ0v) is 37.5. The van der Waals surface area contributed by atoms with Crippen molar-refractivity contribution in [2.45, 2.75) is 5.62 Å². The highest BCUT2D eigenvalue weighted by Crippen LogP contribution is 2.34. The Kier molecular flexibility index (Phi) is 33.9. The van der Waals surface area contributed by atoms with Crippen molar-refractivity contribution >= 4 is 454 Å². The first-order valence-electron chi connectivity index (χ1n) is 21.3. The molecule has 0 aliphatic heterocycles. The van der Waals surface area contributed by atoms with Gasteiger partial charge in [-0.3, -0.25) is 0 Å². The molecule has 0 aliphatic rings. The van der Waals surface area contributed by atoms with Crippen molar-refractivity contribution in [2.24, 2.45) is 0 Å². The van der Waals surface area contributed by atoms with Gasteiger partial charge in [0.2, 0.25) is 0 Å². The second-order valence-corrected chi connectivity index (χ2v) is 18.1. The van der Waals surface area contributed by atoms with Crippen molar-refractivity contribution in [2.75, 3.05) is 0 Å². The Morgan fingerprint density at radius 2 is 0.338 bits per heavy atom. The molecule has 0 nitrogen and oxygen atoms in total. The van der Waals surface area contributed by atoms with Crippen LogP contribution < -0.4 is 0 Å². The Balaban J connectivity index is 11.2. The minimum atomic E-state index is -1.59. The van der Waals surface area contributed by atoms with Crippen LogP contribution in [0, 0.1) is 0 Å². The summed E-state index contributed by atoms with van der Waals surface area (Å²) in [6.07, 6.45) is -39.5. The van der Waals surface area contributed by atoms with E-state index in [1.807, 2.05) is 0 Å². The van der Waals surface area contributed by atoms with Crippen LogP contribution in [0.3, 0.4) is 0 Å². The second kappa shape index (κ2) is 31.9. The fourth-order valence-electron chi connectivity index (χ4n) is 11.3. The van der Waals surface area contributed by atoms with Crippen LogP contribution in [0.15, 0.2) is 0 Å². The SMILES string of the molecule is [B][B]B(B([B])[B])B(B([B])[B])B(B(B([B])[B])B([B])[B])C(B(B(B([B])[B])B([B])[B])B(B([B])[B])B([B])[B])B(B(B(B([B])[B])B([B])[B])B(B([B])[B])B([B])[B])B(B(B([B])[B])B([B])[B])B(B([B])[B])B([B])[B]. The van der Waals surface area contributed by atoms with Gasteiger partial charge in [-0.1, -0.05) is 0 Å². The van der Waals surface area contributed by atoms with Gasteiger partial charge < -0.3 is 0 Å². The van der Waals surface area contributed by atoms with E-state index in [2.05, 4.69) is 0 Å². The Labute approximate surface area is 455 Å². The Bertz CT molecular complexity index is 1050. The van der Waals surface area contributed by atoms with Crippen LogP contribution in [0.1, 0.15) is 0 Å². The van der Waals surface area contributed by atoms with Crippen LogP contribution in [-0.2, 0) is 0 Å². The summed E-state index contributed by atoms with van der Waals surface area (Å²) in [5.41, 5.74) is -1.59. The summed E-state index contributed by atoms with van der Waals surface area (Å²) in [5, 5.41) is 0. The lowest BCUT2D eigenvalue weighted by atomic mass is 8.30. The highest BCUT2D eigenvalue weighted by molar-refractivity contribution is 8.27. The molecule has 1 atom stereocenters. The average Bonchev–Trinajstić information content (AvgIpc) is 3.08. The topological polar surface area (TPSA) is 0 Å². The van der Waals surface area contributed by atoms with Crippen LogP contribution in [-0.4, -0.2) is 454 Å². The van der Waals surface area contributed by atoms with E-state index in [1.165, 1.54) is 0 Å². The predicted molar refractivity (Wildman–Crippen MR) is 372 cm³/mol. The molecule has 0 N–H and O–H groups in total. The summed E-state index contributed by atoms with van der Waals surface area (Å²) < 4.78 is 0. The first-order valence-corrected chi connectivity index (χ1v) is 21.3. The molecule has 0 spiro atoms. The maximum Gasteiger partial charge on any atom is 0.0294 e. The van der Waals surface area contributed by atoms with Gasteiger partial charge in [0.1, 0.15) is 0 Å². The summed E-state index contributed by atoms with van der Waals surface area (Å²) >= 11 is 0. The fraction of sp³-hybridized carbons (Fsp3) is 1.00. The lowest BCUT2D eigenvalue weighted by Crippen LogP contribution is -2.92. The number of rotatable bonds is 31. The van der Waals surface area contributed by atoms with Gasteiger partial charge >= 0.3 is 0 Å². The molecule has 0 aromatic carbocycles. The van der Waals surface area contributed by atoms with Gasteiger partial charge in [-0.25, -0.2) is 0 Å². The minimum Gasteiger partial charge on any atom is -0.146 e. The van der Waals surface area contributed by atoms with Gasteiger partial charge in [0, 0.05) is 454 Å². The summed E-state index contributed by atoms with van der Waals surface area (Å²) in [6.45, 7) is -4.58. The third kappa shape index (κ3) is 18.7. The molecule has 0 saturated heterocycles. The molecule has 0 rings (SSSR count). The van der Waals surface area contributed by atoms with E-state index in [-0.39, 0.29) is 0 Å². The van der Waals surface area contributed by atoms with Gasteiger partial charge in [0.15, 0.2) is 0 Å². The van der Waals surface area contributed by atoms with Crippen molar-refractivity contribution in [1.29, 1.82) is 0 Å². The highest BCUT2D eigenvalue weighted by atomic mass is 13.7. The van der Waals surface area contributed by atoms with E-state index in [4.69, 9.17) is 255 Å². The fourth-order valence-corrected chi connectivity index (χ4v) is 11.3. The van der Waals surface area contributed by atoms with E-state index in [9.17, 15) is 0 Å². The van der Waals surface area contributed by atoms with Gasteiger partial charge in [-0.05, 0) is 0 Å². The van der Waals surface area contributed by atoms with Crippen molar-refractivity contribution in [3.8, 4) is 0 Å². The van der Waals surface area contributed by atoms with Crippen LogP contribution in [0.25, 0.3) is 0 Å². The first-order chi connectivity index (χ1) is 29.6. The lowest BCUT2D eigenvalue weighted by molar-refractivity contribution is 1.80. The maximum atomic E-state index is 6.81. The van der Waals surface area contributed by atoms with Crippen molar-refractivity contribution in [1.82, 2.24) is 0 Å². The van der Waals surface area contributed by atoms with E-state index in [0.29, 0.717) is 0 Å². The standard InChI is InChI=1S/CHB64/c2-35-55(39(3)4)59(46(17)18)37(58(44(13)14)45(15)16)1(36(56(40(5)6)41(7)8)57(42(9)10)43(11)12)38(60(62(47(19)20)48(21)22)63(49(23)24)50(25)26)61(64(51(27)28)52(29)30)65(53(31)32)54(33)34/h1H. The smallest absolute Gasteiger partial charge is 0.0294 e. The average molecular weight is 705 g/mol. The molecular formula is CHB64. The largest absolute Gasteiger partial charge is 0.146 e. The van der Waals surface area contributed by atoms with Gasteiger partial charge in [0.05, 0.1) is 0 Å². The monoisotopic (exact) mass is 718 g/mol. The van der Waals surface area contributed by atoms with Gasteiger partial charge in [0.25, 0.3) is 0 Å². The van der Waals surface area contributed by atoms with Crippen LogP contribution in [0.2, 0.25) is 5.62 Å². The Hall–Kier alpha value is 4.16. The van der Waals surface area contributed by atoms with E-state index in [0.717, 1.165) is 7.06 Å². The highest BCUT2D eigenvalue weighted by Gasteiger charge is 2.63. The van der Waals surface area contributed by atoms with Gasteiger partial charge in [-0.15, -0.1) is 5.62 Å². The van der Waals surface area contributed by atoms with Gasteiger partial charge in [-0.2, -0.15) is 0 Å². The Morgan fingerprint density at radius 3 is 0.477 bits per heavy atom. The minimum absolute atomic E-state index is 1.14. The van der Waals surface area contributed by atoms with Crippen LogP contribution >= 0.6 is 0 Å². The Morgan fingerprint density at radius 1 is 0.185 bits per heavy atom. The predicted octanol–water partition coefficient (Wildman–Crippen LogP) is -24.0. The molecule has 197 valence electrons. The number of hydrogen-bond donors (Lipinski definition) is 0.